The molecule has 2 bridgehead atoms. The molecule has 6 fully saturated rings. The highest BCUT2D eigenvalue weighted by atomic mass is 16.6. The highest BCUT2D eigenvalue weighted by Crippen LogP contribution is 2.74. The van der Waals surface area contributed by atoms with Gasteiger partial charge < -0.3 is 4.74 Å². The Morgan fingerprint density at radius 2 is 1.19 bits per heavy atom. The van der Waals surface area contributed by atoms with Gasteiger partial charge >= 0.3 is 0 Å². The summed E-state index contributed by atoms with van der Waals surface area (Å²) in [5, 5.41) is 0. The van der Waals surface area contributed by atoms with Gasteiger partial charge in [0.05, 0.1) is 12.2 Å². The van der Waals surface area contributed by atoms with Gasteiger partial charge in [-0.15, -0.1) is 0 Å². The molecule has 1 nitrogen and oxygen atoms in total. The average Bonchev–Trinajstić information content (AvgIpc) is 3.10. The second-order valence-electron chi connectivity index (χ2n) is 7.71. The van der Waals surface area contributed by atoms with E-state index in [1.54, 1.807) is 19.3 Å². The first kappa shape index (κ1) is 8.13. The molecule has 0 aromatic rings. The Morgan fingerprint density at radius 3 is 2.06 bits per heavy atom. The lowest BCUT2D eigenvalue weighted by atomic mass is 9.63. The Morgan fingerprint density at radius 1 is 0.562 bits per heavy atom. The van der Waals surface area contributed by atoms with E-state index >= 15 is 0 Å². The molecular weight excluding hydrogens is 196 g/mol. The van der Waals surface area contributed by atoms with Crippen molar-refractivity contribution in [1.82, 2.24) is 0 Å². The molecule has 0 N–H and O–H groups in total. The normalized spacial score (nSPS) is 76.5. The lowest BCUT2D eigenvalue weighted by Crippen LogP contribution is -2.37. The number of hydrogen-bond donors (Lipinski definition) is 0. The molecule has 6 aliphatic rings. The van der Waals surface area contributed by atoms with Crippen molar-refractivity contribution in [3.63, 3.8) is 0 Å². The Balaban J connectivity index is 1.42. The van der Waals surface area contributed by atoms with E-state index in [4.69, 9.17) is 4.74 Å². The van der Waals surface area contributed by atoms with Crippen LogP contribution in [0.4, 0.5) is 0 Å². The monoisotopic (exact) mass is 216 g/mol. The quantitative estimate of drug-likeness (QED) is 0.567. The van der Waals surface area contributed by atoms with Crippen LogP contribution in [0.1, 0.15) is 32.1 Å². The second-order valence-corrected chi connectivity index (χ2v) is 7.71. The summed E-state index contributed by atoms with van der Waals surface area (Å²) >= 11 is 0. The smallest absolute Gasteiger partial charge is 0.0844 e. The van der Waals surface area contributed by atoms with E-state index in [0.29, 0.717) is 0 Å². The molecule has 1 heterocycles. The van der Waals surface area contributed by atoms with Gasteiger partial charge in [-0.2, -0.15) is 0 Å². The Hall–Kier alpha value is -0.0400. The summed E-state index contributed by atoms with van der Waals surface area (Å²) in [5.74, 6) is 9.31. The third-order valence-electron chi connectivity index (χ3n) is 7.48. The van der Waals surface area contributed by atoms with Crippen molar-refractivity contribution in [1.29, 1.82) is 0 Å². The summed E-state index contributed by atoms with van der Waals surface area (Å²) in [6.07, 6.45) is 9.23. The summed E-state index contributed by atoms with van der Waals surface area (Å²) in [6, 6.07) is 0. The van der Waals surface area contributed by atoms with Crippen LogP contribution in [0.25, 0.3) is 0 Å². The molecule has 0 aromatic heterocycles. The predicted octanol–water partition coefficient (Wildman–Crippen LogP) is 2.70. The van der Waals surface area contributed by atoms with Gasteiger partial charge in [-0.05, 0) is 79.4 Å². The van der Waals surface area contributed by atoms with Crippen molar-refractivity contribution < 1.29 is 4.74 Å². The standard InChI is InChI=1S/C15H20O/c1-6-2-11-8-3-12(15(11)7(1)6)10-5-14-13(16-14)4-9(8)10/h6-15H,1-5H2. The average molecular weight is 216 g/mol. The van der Waals surface area contributed by atoms with Crippen molar-refractivity contribution >= 4 is 0 Å². The first-order chi connectivity index (χ1) is 7.90. The van der Waals surface area contributed by atoms with E-state index in [1.807, 2.05) is 0 Å². The van der Waals surface area contributed by atoms with Crippen LogP contribution in [-0.2, 0) is 4.74 Å². The van der Waals surface area contributed by atoms with Crippen LogP contribution in [0.3, 0.4) is 0 Å². The van der Waals surface area contributed by atoms with Gasteiger partial charge in [-0.1, -0.05) is 0 Å². The van der Waals surface area contributed by atoms with Crippen molar-refractivity contribution in [3.8, 4) is 0 Å². The largest absolute Gasteiger partial charge is 0.370 e. The SMILES string of the molecule is C1C2OC2CC2C1C1CC2C2C3CC3CC12. The predicted molar refractivity (Wildman–Crippen MR) is 59.7 cm³/mol. The lowest BCUT2D eigenvalue weighted by molar-refractivity contribution is 0.0764. The van der Waals surface area contributed by atoms with Crippen LogP contribution in [0.15, 0.2) is 0 Å². The highest BCUT2D eigenvalue weighted by Gasteiger charge is 2.69. The van der Waals surface area contributed by atoms with Gasteiger partial charge in [-0.3, -0.25) is 0 Å². The molecular formula is C15H20O. The number of ether oxygens (including phenoxy) is 1. The van der Waals surface area contributed by atoms with Gasteiger partial charge in [0.25, 0.3) is 0 Å². The molecule has 0 radical (unpaired) electrons. The Bertz CT molecular complexity index is 376. The molecule has 6 rings (SSSR count). The fourth-order valence-electron chi connectivity index (χ4n) is 7.00. The van der Waals surface area contributed by atoms with Crippen LogP contribution in [0, 0.1) is 47.3 Å². The Labute approximate surface area is 96.9 Å². The summed E-state index contributed by atoms with van der Waals surface area (Å²) in [5.41, 5.74) is 0. The molecule has 1 aliphatic heterocycles. The molecule has 86 valence electrons. The van der Waals surface area contributed by atoms with Gasteiger partial charge in [-0.25, -0.2) is 0 Å². The summed E-state index contributed by atoms with van der Waals surface area (Å²) in [7, 11) is 0. The van der Waals surface area contributed by atoms with Gasteiger partial charge in [0, 0.05) is 0 Å². The molecule has 16 heavy (non-hydrogen) atoms. The minimum absolute atomic E-state index is 0.718. The molecule has 0 amide bonds. The van der Waals surface area contributed by atoms with Crippen LogP contribution < -0.4 is 0 Å². The number of hydrogen-bond acceptors (Lipinski definition) is 1. The van der Waals surface area contributed by atoms with E-state index in [2.05, 4.69) is 0 Å². The molecule has 5 saturated carbocycles. The van der Waals surface area contributed by atoms with Crippen molar-refractivity contribution in [2.45, 2.75) is 44.3 Å². The summed E-state index contributed by atoms with van der Waals surface area (Å²) < 4.78 is 5.80. The third kappa shape index (κ3) is 0.749. The maximum atomic E-state index is 5.80. The van der Waals surface area contributed by atoms with E-state index < -0.39 is 0 Å². The molecule has 10 atom stereocenters. The van der Waals surface area contributed by atoms with E-state index in [-0.39, 0.29) is 0 Å². The Kier molecular flexibility index (Phi) is 1.15. The van der Waals surface area contributed by atoms with Crippen LogP contribution in [-0.4, -0.2) is 12.2 Å². The van der Waals surface area contributed by atoms with E-state index in [9.17, 15) is 0 Å². The van der Waals surface area contributed by atoms with Crippen molar-refractivity contribution in [2.75, 3.05) is 0 Å². The van der Waals surface area contributed by atoms with Crippen LogP contribution in [0.2, 0.25) is 0 Å². The zero-order chi connectivity index (χ0) is 10.0. The first-order valence-corrected chi connectivity index (χ1v) is 7.55. The lowest BCUT2D eigenvalue weighted by Gasteiger charge is -2.41. The zero-order valence-electron chi connectivity index (χ0n) is 9.72. The second kappa shape index (κ2) is 2.25. The van der Waals surface area contributed by atoms with Gasteiger partial charge in [0.1, 0.15) is 0 Å². The summed E-state index contributed by atoms with van der Waals surface area (Å²) in [4.78, 5) is 0. The number of fused-ring (bicyclic) bond motifs is 11. The maximum Gasteiger partial charge on any atom is 0.0844 e. The fraction of sp³-hybridized carbons (Fsp3) is 1.00. The molecule has 1 heteroatoms. The van der Waals surface area contributed by atoms with Crippen LogP contribution in [0.5, 0.6) is 0 Å². The molecule has 10 unspecified atom stereocenters. The van der Waals surface area contributed by atoms with Crippen molar-refractivity contribution in [2.24, 2.45) is 47.3 Å². The van der Waals surface area contributed by atoms with Crippen LogP contribution >= 0.6 is 0 Å². The first-order valence-electron chi connectivity index (χ1n) is 7.55. The molecule has 5 aliphatic carbocycles. The molecule has 0 spiro atoms. The third-order valence-corrected chi connectivity index (χ3v) is 7.48. The van der Waals surface area contributed by atoms with Crippen molar-refractivity contribution in [3.05, 3.63) is 0 Å². The summed E-state index contributed by atoms with van der Waals surface area (Å²) in [6.45, 7) is 0. The van der Waals surface area contributed by atoms with E-state index in [0.717, 1.165) is 35.9 Å². The fourth-order valence-corrected chi connectivity index (χ4v) is 7.00. The van der Waals surface area contributed by atoms with Gasteiger partial charge in [0.2, 0.25) is 0 Å². The van der Waals surface area contributed by atoms with Gasteiger partial charge in [0.15, 0.2) is 0 Å². The molecule has 0 aromatic carbocycles. The maximum absolute atomic E-state index is 5.80. The minimum atomic E-state index is 0.718. The zero-order valence-corrected chi connectivity index (χ0v) is 9.72. The van der Waals surface area contributed by atoms with E-state index in [1.165, 1.54) is 36.5 Å². The minimum Gasteiger partial charge on any atom is -0.370 e. The number of rotatable bonds is 0. The number of epoxide rings is 1. The molecule has 1 saturated heterocycles. The topological polar surface area (TPSA) is 12.5 Å². The highest BCUT2D eigenvalue weighted by molar-refractivity contribution is 5.17.